The number of thiocarbonyl (C=S) groups is 1. The van der Waals surface area contributed by atoms with E-state index >= 15 is 0 Å². The van der Waals surface area contributed by atoms with Crippen molar-refractivity contribution in [3.8, 4) is 5.75 Å². The van der Waals surface area contributed by atoms with Crippen LogP contribution in [0.5, 0.6) is 5.75 Å². The lowest BCUT2D eigenvalue weighted by Gasteiger charge is -2.28. The molecule has 2 rings (SSSR count). The molecule has 0 saturated carbocycles. The molecule has 0 spiro atoms. The van der Waals surface area contributed by atoms with E-state index in [2.05, 4.69) is 15.4 Å². The number of amides is 1. The van der Waals surface area contributed by atoms with E-state index in [0.29, 0.717) is 5.56 Å². The van der Waals surface area contributed by atoms with Crippen LogP contribution < -0.4 is 15.4 Å². The quantitative estimate of drug-likeness (QED) is 0.484. The van der Waals surface area contributed by atoms with Gasteiger partial charge in [-0.15, -0.1) is 0 Å². The largest absolute Gasteiger partial charge is 0.495 e. The molecule has 1 amide bonds. The van der Waals surface area contributed by atoms with Gasteiger partial charge in [-0.25, -0.2) is 4.79 Å². The standard InChI is InChI=1S/C19H17F3N2O5S/c1-28-14-10-12(18(27,16(26)29-2)19(20,21)22)8-9-13(14)23-17(30)24-15(25)11-6-4-3-5-7-11/h3-10,27H,1-2H3,(H2,23,24,25,30). The fourth-order valence-corrected chi connectivity index (χ4v) is 2.69. The maximum atomic E-state index is 13.4. The number of esters is 1. The zero-order chi connectivity index (χ0) is 22.5. The number of hydrogen-bond donors (Lipinski definition) is 3. The Morgan fingerprint density at radius 1 is 1.07 bits per heavy atom. The van der Waals surface area contributed by atoms with Crippen molar-refractivity contribution in [3.63, 3.8) is 0 Å². The Bertz CT molecular complexity index is 953. The number of carbonyl (C=O) groups is 2. The molecule has 0 aliphatic rings. The van der Waals surface area contributed by atoms with Crippen LogP contribution in [-0.2, 0) is 15.1 Å². The number of carbonyl (C=O) groups excluding carboxylic acids is 2. The Morgan fingerprint density at radius 3 is 2.23 bits per heavy atom. The molecule has 0 fully saturated rings. The first-order valence-electron chi connectivity index (χ1n) is 8.28. The van der Waals surface area contributed by atoms with Crippen molar-refractivity contribution in [2.75, 3.05) is 19.5 Å². The van der Waals surface area contributed by atoms with Gasteiger partial charge in [0.1, 0.15) is 5.75 Å². The van der Waals surface area contributed by atoms with E-state index in [4.69, 9.17) is 17.0 Å². The van der Waals surface area contributed by atoms with Crippen molar-refractivity contribution in [2.45, 2.75) is 11.8 Å². The third kappa shape index (κ3) is 4.69. The average molecular weight is 442 g/mol. The summed E-state index contributed by atoms with van der Waals surface area (Å²) >= 11 is 5.04. The fourth-order valence-electron chi connectivity index (χ4n) is 2.48. The summed E-state index contributed by atoms with van der Waals surface area (Å²) in [5.41, 5.74) is -4.27. The number of alkyl halides is 3. The minimum atomic E-state index is -5.35. The summed E-state index contributed by atoms with van der Waals surface area (Å²) in [5.74, 6) is -2.57. The Kier molecular flexibility index (Phi) is 7.00. The van der Waals surface area contributed by atoms with Crippen LogP contribution in [0.4, 0.5) is 18.9 Å². The summed E-state index contributed by atoms with van der Waals surface area (Å²) in [6.07, 6.45) is -5.35. The Labute approximate surface area is 174 Å². The molecule has 0 radical (unpaired) electrons. The molecule has 0 aromatic heterocycles. The topological polar surface area (TPSA) is 96.9 Å². The summed E-state index contributed by atoms with van der Waals surface area (Å²) in [6.45, 7) is 0. The van der Waals surface area contributed by atoms with Crippen LogP contribution >= 0.6 is 12.2 Å². The van der Waals surface area contributed by atoms with Crippen LogP contribution in [0.1, 0.15) is 15.9 Å². The molecule has 1 unspecified atom stereocenters. The summed E-state index contributed by atoms with van der Waals surface area (Å²) < 4.78 is 49.4. The summed E-state index contributed by atoms with van der Waals surface area (Å²) in [6, 6.07) is 11.0. The highest BCUT2D eigenvalue weighted by Gasteiger charge is 2.62. The molecule has 0 bridgehead atoms. The van der Waals surface area contributed by atoms with E-state index in [0.717, 1.165) is 25.3 Å². The summed E-state index contributed by atoms with van der Waals surface area (Å²) in [5, 5.41) is 15.0. The molecule has 11 heteroatoms. The number of ether oxygens (including phenoxy) is 2. The highest BCUT2D eigenvalue weighted by Crippen LogP contribution is 2.42. The van der Waals surface area contributed by atoms with Crippen molar-refractivity contribution >= 4 is 34.9 Å². The van der Waals surface area contributed by atoms with Crippen molar-refractivity contribution in [2.24, 2.45) is 0 Å². The molecule has 30 heavy (non-hydrogen) atoms. The third-order valence-electron chi connectivity index (χ3n) is 4.02. The summed E-state index contributed by atoms with van der Waals surface area (Å²) in [4.78, 5) is 23.8. The van der Waals surface area contributed by atoms with Gasteiger partial charge in [0.15, 0.2) is 5.11 Å². The van der Waals surface area contributed by atoms with Gasteiger partial charge in [-0.1, -0.05) is 24.3 Å². The van der Waals surface area contributed by atoms with Crippen molar-refractivity contribution in [3.05, 3.63) is 59.7 Å². The molecule has 0 aliphatic heterocycles. The number of aliphatic hydroxyl groups is 1. The van der Waals surface area contributed by atoms with E-state index in [1.807, 2.05) is 0 Å². The zero-order valence-electron chi connectivity index (χ0n) is 15.7. The first kappa shape index (κ1) is 23.1. The molecule has 3 N–H and O–H groups in total. The van der Waals surface area contributed by atoms with Gasteiger partial charge < -0.3 is 19.9 Å². The van der Waals surface area contributed by atoms with Crippen LogP contribution in [-0.4, -0.2) is 42.5 Å². The monoisotopic (exact) mass is 442 g/mol. The van der Waals surface area contributed by atoms with Crippen LogP contribution in [0.25, 0.3) is 0 Å². The molecule has 160 valence electrons. The number of benzene rings is 2. The molecule has 2 aromatic rings. The minimum absolute atomic E-state index is 0.0917. The predicted octanol–water partition coefficient (Wildman–Crippen LogP) is 2.74. The number of nitrogens with one attached hydrogen (secondary N) is 2. The van der Waals surface area contributed by atoms with Crippen LogP contribution in [0.3, 0.4) is 0 Å². The van der Waals surface area contributed by atoms with Crippen LogP contribution in [0, 0.1) is 0 Å². The second kappa shape index (κ2) is 9.09. The molecule has 1 atom stereocenters. The zero-order valence-corrected chi connectivity index (χ0v) is 16.6. The second-order valence-electron chi connectivity index (χ2n) is 5.89. The lowest BCUT2D eigenvalue weighted by Crippen LogP contribution is -2.49. The number of halogens is 3. The predicted molar refractivity (Wildman–Crippen MR) is 105 cm³/mol. The van der Waals surface area contributed by atoms with Crippen molar-refractivity contribution < 1.29 is 37.3 Å². The number of methoxy groups -OCH3 is 2. The highest BCUT2D eigenvalue weighted by molar-refractivity contribution is 7.80. The van der Waals surface area contributed by atoms with Gasteiger partial charge in [0.2, 0.25) is 0 Å². The Balaban J connectivity index is 2.28. The number of hydrogen-bond acceptors (Lipinski definition) is 6. The molecule has 2 aromatic carbocycles. The minimum Gasteiger partial charge on any atom is -0.495 e. The normalized spacial score (nSPS) is 13.0. The van der Waals surface area contributed by atoms with E-state index in [9.17, 15) is 27.9 Å². The molecule has 0 heterocycles. The van der Waals surface area contributed by atoms with Gasteiger partial charge in [0.25, 0.3) is 11.5 Å². The lowest BCUT2D eigenvalue weighted by atomic mass is 9.92. The van der Waals surface area contributed by atoms with Crippen LogP contribution in [0.2, 0.25) is 0 Å². The lowest BCUT2D eigenvalue weighted by molar-refractivity contribution is -0.266. The molecular formula is C19H17F3N2O5S. The third-order valence-corrected chi connectivity index (χ3v) is 4.23. The Hall–Kier alpha value is -3.18. The smallest absolute Gasteiger partial charge is 0.432 e. The fraction of sp³-hybridized carbons (Fsp3) is 0.211. The van der Waals surface area contributed by atoms with E-state index < -0.39 is 29.2 Å². The molecule has 0 saturated heterocycles. The van der Waals surface area contributed by atoms with Crippen LogP contribution in [0.15, 0.2) is 48.5 Å². The van der Waals surface area contributed by atoms with Gasteiger partial charge in [-0.2, -0.15) is 13.2 Å². The van der Waals surface area contributed by atoms with Gasteiger partial charge >= 0.3 is 12.1 Å². The first-order valence-corrected chi connectivity index (χ1v) is 8.68. The van der Waals surface area contributed by atoms with Gasteiger partial charge in [-0.05, 0) is 36.5 Å². The maximum Gasteiger partial charge on any atom is 0.432 e. The Morgan fingerprint density at radius 2 is 1.70 bits per heavy atom. The summed E-state index contributed by atoms with van der Waals surface area (Å²) in [7, 11) is 1.89. The van der Waals surface area contributed by atoms with Gasteiger partial charge in [-0.3, -0.25) is 10.1 Å². The van der Waals surface area contributed by atoms with Gasteiger partial charge in [0.05, 0.1) is 19.9 Å². The number of anilines is 1. The van der Waals surface area contributed by atoms with E-state index in [1.165, 1.54) is 7.11 Å². The molecule has 0 aliphatic carbocycles. The first-order chi connectivity index (χ1) is 14.0. The van der Waals surface area contributed by atoms with Crippen molar-refractivity contribution in [1.82, 2.24) is 5.32 Å². The highest BCUT2D eigenvalue weighted by atomic mass is 32.1. The second-order valence-corrected chi connectivity index (χ2v) is 6.30. The SMILES string of the molecule is COC(=O)C(O)(c1ccc(NC(=S)NC(=O)c2ccccc2)c(OC)c1)C(F)(F)F. The average Bonchev–Trinajstić information content (AvgIpc) is 2.72. The van der Waals surface area contributed by atoms with Gasteiger partial charge in [0, 0.05) is 11.1 Å². The molecule has 7 nitrogen and oxygen atoms in total. The molecular weight excluding hydrogens is 425 g/mol. The van der Waals surface area contributed by atoms with Crippen molar-refractivity contribution in [1.29, 1.82) is 0 Å². The maximum absolute atomic E-state index is 13.4. The van der Waals surface area contributed by atoms with E-state index in [-0.39, 0.29) is 16.5 Å². The number of rotatable bonds is 5. The van der Waals surface area contributed by atoms with E-state index in [1.54, 1.807) is 30.3 Å².